The molecule has 0 aliphatic carbocycles. The summed E-state index contributed by atoms with van der Waals surface area (Å²) in [6, 6.07) is 0. The topological polar surface area (TPSA) is 43.4 Å². The van der Waals surface area contributed by atoms with Crippen molar-refractivity contribution in [2.24, 2.45) is 0 Å². The van der Waals surface area contributed by atoms with Crippen LogP contribution in [0.25, 0.3) is 0 Å². The fraction of sp³-hybridized carbons (Fsp3) is 0.636. The molecule has 0 amide bonds. The SMILES string of the molecule is CCOC(=O)C(=O)CC/C=C(\C)CC. The van der Waals surface area contributed by atoms with Crippen LogP contribution in [0.3, 0.4) is 0 Å². The third kappa shape index (κ3) is 5.51. The van der Waals surface area contributed by atoms with Gasteiger partial charge >= 0.3 is 5.97 Å². The zero-order chi connectivity index (χ0) is 11.0. The standard InChI is InChI=1S/C11H18O3/c1-4-9(3)7-6-8-10(12)11(13)14-5-2/h7H,4-6,8H2,1-3H3/b9-7+. The van der Waals surface area contributed by atoms with Gasteiger partial charge in [0.05, 0.1) is 6.61 Å². The highest BCUT2D eigenvalue weighted by Gasteiger charge is 2.12. The lowest BCUT2D eigenvalue weighted by molar-refractivity contribution is -0.153. The Morgan fingerprint density at radius 2 is 1.93 bits per heavy atom. The minimum Gasteiger partial charge on any atom is -0.460 e. The molecule has 3 nitrogen and oxygen atoms in total. The first kappa shape index (κ1) is 12.9. The Hall–Kier alpha value is -1.12. The molecule has 0 bridgehead atoms. The molecule has 0 rings (SSSR count). The van der Waals surface area contributed by atoms with Gasteiger partial charge in [0.15, 0.2) is 0 Å². The van der Waals surface area contributed by atoms with Gasteiger partial charge in [-0.2, -0.15) is 0 Å². The Labute approximate surface area is 85.1 Å². The molecule has 0 spiro atoms. The van der Waals surface area contributed by atoms with Gasteiger partial charge in [0.25, 0.3) is 0 Å². The molecule has 0 aromatic carbocycles. The lowest BCUT2D eigenvalue weighted by atomic mass is 10.1. The van der Waals surface area contributed by atoms with Gasteiger partial charge in [-0.05, 0) is 26.7 Å². The summed E-state index contributed by atoms with van der Waals surface area (Å²) >= 11 is 0. The molecule has 80 valence electrons. The van der Waals surface area contributed by atoms with Crippen molar-refractivity contribution < 1.29 is 14.3 Å². The summed E-state index contributed by atoms with van der Waals surface area (Å²) < 4.78 is 4.58. The molecule has 0 aliphatic heterocycles. The van der Waals surface area contributed by atoms with Crippen LogP contribution < -0.4 is 0 Å². The number of hydrogen-bond donors (Lipinski definition) is 0. The molecular weight excluding hydrogens is 180 g/mol. The van der Waals surface area contributed by atoms with Crippen LogP contribution in [0.4, 0.5) is 0 Å². The lowest BCUT2D eigenvalue weighted by Crippen LogP contribution is -2.16. The van der Waals surface area contributed by atoms with Crippen molar-refractivity contribution in [2.75, 3.05) is 6.61 Å². The van der Waals surface area contributed by atoms with Crippen LogP contribution in [-0.4, -0.2) is 18.4 Å². The second kappa shape index (κ2) is 7.30. The zero-order valence-electron chi connectivity index (χ0n) is 9.13. The first-order valence-corrected chi connectivity index (χ1v) is 4.97. The molecule has 0 saturated heterocycles. The molecule has 0 fully saturated rings. The van der Waals surface area contributed by atoms with Gasteiger partial charge in [0.2, 0.25) is 5.78 Å². The number of rotatable bonds is 6. The second-order valence-electron chi connectivity index (χ2n) is 3.09. The highest BCUT2D eigenvalue weighted by molar-refractivity contribution is 6.33. The predicted octanol–water partition coefficient (Wildman–Crippen LogP) is 2.26. The maximum atomic E-state index is 11.1. The Morgan fingerprint density at radius 1 is 1.29 bits per heavy atom. The molecule has 0 atom stereocenters. The molecule has 0 aliphatic rings. The van der Waals surface area contributed by atoms with E-state index in [0.717, 1.165) is 6.42 Å². The number of carbonyl (C=O) groups excluding carboxylic acids is 2. The van der Waals surface area contributed by atoms with E-state index in [-0.39, 0.29) is 13.0 Å². The number of carbonyl (C=O) groups is 2. The number of ketones is 1. The number of Topliss-reactive ketones (excluding diaryl/α,β-unsaturated/α-hetero) is 1. The van der Waals surface area contributed by atoms with E-state index < -0.39 is 11.8 Å². The minimum atomic E-state index is -0.713. The van der Waals surface area contributed by atoms with Crippen molar-refractivity contribution in [3.8, 4) is 0 Å². The maximum Gasteiger partial charge on any atom is 0.374 e. The second-order valence-corrected chi connectivity index (χ2v) is 3.09. The highest BCUT2D eigenvalue weighted by Crippen LogP contribution is 2.03. The Kier molecular flexibility index (Phi) is 6.72. The third-order valence-electron chi connectivity index (χ3n) is 1.92. The van der Waals surface area contributed by atoms with Crippen molar-refractivity contribution in [1.82, 2.24) is 0 Å². The van der Waals surface area contributed by atoms with Crippen LogP contribution in [-0.2, 0) is 14.3 Å². The van der Waals surface area contributed by atoms with E-state index in [9.17, 15) is 9.59 Å². The van der Waals surface area contributed by atoms with E-state index in [1.807, 2.05) is 13.0 Å². The summed E-state index contributed by atoms with van der Waals surface area (Å²) in [5.74, 6) is -1.15. The van der Waals surface area contributed by atoms with Gasteiger partial charge in [0, 0.05) is 6.42 Å². The Bertz CT molecular complexity index is 229. The average Bonchev–Trinajstić information content (AvgIpc) is 2.17. The molecule has 0 radical (unpaired) electrons. The summed E-state index contributed by atoms with van der Waals surface area (Å²) in [6.45, 7) is 6.01. The maximum absolute atomic E-state index is 11.1. The van der Waals surface area contributed by atoms with E-state index in [2.05, 4.69) is 11.7 Å². The number of hydrogen-bond acceptors (Lipinski definition) is 3. The smallest absolute Gasteiger partial charge is 0.374 e. The predicted molar refractivity (Wildman–Crippen MR) is 54.9 cm³/mol. The monoisotopic (exact) mass is 198 g/mol. The summed E-state index contributed by atoms with van der Waals surface area (Å²) in [5.41, 5.74) is 1.24. The zero-order valence-corrected chi connectivity index (χ0v) is 9.13. The molecule has 0 aromatic rings. The van der Waals surface area contributed by atoms with E-state index >= 15 is 0 Å². The van der Waals surface area contributed by atoms with Crippen LogP contribution in [0.1, 0.15) is 40.0 Å². The Balaban J connectivity index is 3.80. The molecule has 0 heterocycles. The number of ether oxygens (including phenoxy) is 1. The molecule has 14 heavy (non-hydrogen) atoms. The van der Waals surface area contributed by atoms with Gasteiger partial charge in [-0.15, -0.1) is 0 Å². The van der Waals surface area contributed by atoms with Crippen LogP contribution in [0.15, 0.2) is 11.6 Å². The number of allylic oxidation sites excluding steroid dienone is 2. The molecule has 3 heteroatoms. The molecule has 0 saturated carbocycles. The van der Waals surface area contributed by atoms with Crippen molar-refractivity contribution in [3.05, 3.63) is 11.6 Å². The van der Waals surface area contributed by atoms with Crippen molar-refractivity contribution in [2.45, 2.75) is 40.0 Å². The van der Waals surface area contributed by atoms with Crippen LogP contribution in [0.5, 0.6) is 0 Å². The van der Waals surface area contributed by atoms with Crippen molar-refractivity contribution >= 4 is 11.8 Å². The third-order valence-corrected chi connectivity index (χ3v) is 1.92. The lowest BCUT2D eigenvalue weighted by Gasteiger charge is -1.99. The molecule has 0 N–H and O–H groups in total. The van der Waals surface area contributed by atoms with Crippen LogP contribution in [0, 0.1) is 0 Å². The van der Waals surface area contributed by atoms with Gasteiger partial charge in [-0.1, -0.05) is 18.6 Å². The fourth-order valence-electron chi connectivity index (χ4n) is 0.908. The summed E-state index contributed by atoms with van der Waals surface area (Å²) in [4.78, 5) is 22.0. The quantitative estimate of drug-likeness (QED) is 0.373. The summed E-state index contributed by atoms with van der Waals surface area (Å²) in [5, 5.41) is 0. The molecule has 0 aromatic heterocycles. The van der Waals surface area contributed by atoms with E-state index in [0.29, 0.717) is 6.42 Å². The number of esters is 1. The van der Waals surface area contributed by atoms with Crippen molar-refractivity contribution in [3.63, 3.8) is 0 Å². The first-order valence-electron chi connectivity index (χ1n) is 4.97. The highest BCUT2D eigenvalue weighted by atomic mass is 16.5. The fourth-order valence-corrected chi connectivity index (χ4v) is 0.908. The first-order chi connectivity index (χ1) is 6.61. The van der Waals surface area contributed by atoms with Gasteiger partial charge < -0.3 is 4.74 Å². The Morgan fingerprint density at radius 3 is 2.43 bits per heavy atom. The van der Waals surface area contributed by atoms with Gasteiger partial charge in [0.1, 0.15) is 0 Å². The molecular formula is C11H18O3. The van der Waals surface area contributed by atoms with E-state index in [1.54, 1.807) is 6.92 Å². The molecule has 0 unspecified atom stereocenters. The summed E-state index contributed by atoms with van der Waals surface area (Å²) in [7, 11) is 0. The largest absolute Gasteiger partial charge is 0.460 e. The van der Waals surface area contributed by atoms with Crippen LogP contribution in [0.2, 0.25) is 0 Å². The van der Waals surface area contributed by atoms with Crippen molar-refractivity contribution in [1.29, 1.82) is 0 Å². The van der Waals surface area contributed by atoms with E-state index in [1.165, 1.54) is 5.57 Å². The van der Waals surface area contributed by atoms with Crippen LogP contribution >= 0.6 is 0 Å². The average molecular weight is 198 g/mol. The normalized spacial score (nSPS) is 11.2. The summed E-state index contributed by atoms with van der Waals surface area (Å²) in [6.07, 6.45) is 3.83. The van der Waals surface area contributed by atoms with Gasteiger partial charge in [-0.3, -0.25) is 4.79 Å². The van der Waals surface area contributed by atoms with E-state index in [4.69, 9.17) is 0 Å². The minimum absolute atomic E-state index is 0.246. The van der Waals surface area contributed by atoms with Gasteiger partial charge in [-0.25, -0.2) is 4.79 Å².